The van der Waals surface area contributed by atoms with Crippen molar-refractivity contribution in [1.82, 2.24) is 0 Å². The predicted molar refractivity (Wildman–Crippen MR) is 78.3 cm³/mol. The number of benzene rings is 2. The molecule has 0 N–H and O–H groups in total. The number of aryl methyl sites for hydroxylation is 2. The van der Waals surface area contributed by atoms with Crippen LogP contribution in [-0.4, -0.2) is 20.4 Å². The van der Waals surface area contributed by atoms with Crippen LogP contribution < -0.4 is 8.85 Å². The van der Waals surface area contributed by atoms with Crippen LogP contribution in [0.1, 0.15) is 11.1 Å². The van der Waals surface area contributed by atoms with Crippen molar-refractivity contribution in [2.75, 3.05) is 0 Å². The number of carbonyl (C=O) groups excluding carboxylic acids is 1. The maximum Gasteiger partial charge on any atom is 0.352 e. The lowest BCUT2D eigenvalue weighted by molar-refractivity contribution is -0.106. The van der Waals surface area contributed by atoms with Crippen molar-refractivity contribution in [2.24, 2.45) is 0 Å². The average molecular weight is 252 g/mol. The second-order valence-electron chi connectivity index (χ2n) is 4.78. The highest BCUT2D eigenvalue weighted by atomic mass is 27.2. The second kappa shape index (κ2) is 6.00. The summed E-state index contributed by atoms with van der Waals surface area (Å²) in [6.45, 7) is 4.18. The van der Waals surface area contributed by atoms with Crippen molar-refractivity contribution in [1.29, 1.82) is 0 Å². The first-order valence-electron chi connectivity index (χ1n) is 6.27. The first kappa shape index (κ1) is 13.1. The Morgan fingerprint density at radius 2 is 1.22 bits per heavy atom. The van der Waals surface area contributed by atoms with Gasteiger partial charge >= 0.3 is 14.1 Å². The molecule has 90 valence electrons. The van der Waals surface area contributed by atoms with Crippen LogP contribution in [0.15, 0.2) is 48.5 Å². The van der Waals surface area contributed by atoms with E-state index < -0.39 is 14.1 Å². The number of aldehydes is 1. The molecule has 0 fully saturated rings. The molecule has 2 aromatic carbocycles. The average Bonchev–Trinajstić information content (AvgIpc) is 2.39. The third-order valence-electron chi connectivity index (χ3n) is 3.29. The van der Waals surface area contributed by atoms with Crippen LogP contribution in [-0.2, 0) is 4.79 Å². The number of hydrogen-bond acceptors (Lipinski definition) is 1. The van der Waals surface area contributed by atoms with E-state index in [0.29, 0.717) is 5.28 Å². The zero-order chi connectivity index (χ0) is 13.0. The minimum atomic E-state index is -1.36. The van der Waals surface area contributed by atoms with Gasteiger partial charge in [-0.3, -0.25) is 0 Å². The van der Waals surface area contributed by atoms with Gasteiger partial charge in [-0.05, 0) is 19.1 Å². The molecule has 0 aromatic heterocycles. The summed E-state index contributed by atoms with van der Waals surface area (Å²) in [5, 5.41) is 0.673. The lowest BCUT2D eigenvalue weighted by atomic mass is 10.2. The summed E-state index contributed by atoms with van der Waals surface area (Å²) in [5.41, 5.74) is 2.53. The van der Waals surface area contributed by atoms with Crippen molar-refractivity contribution in [3.8, 4) is 0 Å². The monoisotopic (exact) mass is 252 g/mol. The molecule has 0 spiro atoms. The molecule has 2 heteroatoms. The Morgan fingerprint density at radius 3 is 1.56 bits per heavy atom. The molecule has 0 saturated carbocycles. The molecule has 0 atom stereocenters. The van der Waals surface area contributed by atoms with Crippen LogP contribution in [0, 0.1) is 13.8 Å². The van der Waals surface area contributed by atoms with Gasteiger partial charge in [-0.25, -0.2) is 0 Å². The molecule has 0 radical (unpaired) electrons. The van der Waals surface area contributed by atoms with Gasteiger partial charge in [-0.1, -0.05) is 59.7 Å². The van der Waals surface area contributed by atoms with Crippen LogP contribution >= 0.6 is 0 Å². The van der Waals surface area contributed by atoms with Gasteiger partial charge in [-0.2, -0.15) is 0 Å². The molecular weight excluding hydrogens is 235 g/mol. The van der Waals surface area contributed by atoms with Crippen molar-refractivity contribution < 1.29 is 4.79 Å². The van der Waals surface area contributed by atoms with E-state index in [2.05, 4.69) is 62.4 Å². The highest BCUT2D eigenvalue weighted by Crippen LogP contribution is 2.01. The van der Waals surface area contributed by atoms with Gasteiger partial charge in [0.15, 0.2) is 0 Å². The highest BCUT2D eigenvalue weighted by molar-refractivity contribution is 6.86. The Labute approximate surface area is 113 Å². The van der Waals surface area contributed by atoms with Crippen LogP contribution in [0.5, 0.6) is 0 Å². The highest BCUT2D eigenvalue weighted by Gasteiger charge is 2.21. The molecular formula is C16H17AlO. The number of hydrogen-bond donors (Lipinski definition) is 0. The summed E-state index contributed by atoms with van der Waals surface area (Å²) < 4.78 is 2.69. The molecule has 0 amide bonds. The van der Waals surface area contributed by atoms with Gasteiger partial charge in [-0.15, -0.1) is 8.85 Å². The van der Waals surface area contributed by atoms with Gasteiger partial charge in [0.25, 0.3) is 0 Å². The first-order valence-corrected chi connectivity index (χ1v) is 8.24. The summed E-state index contributed by atoms with van der Waals surface area (Å²) in [4.78, 5) is 10.9. The summed E-state index contributed by atoms with van der Waals surface area (Å²) in [7, 11) is 0. The number of rotatable bonds is 4. The second-order valence-corrected chi connectivity index (χ2v) is 7.69. The molecule has 0 aliphatic heterocycles. The van der Waals surface area contributed by atoms with Gasteiger partial charge in [0, 0.05) is 0 Å². The predicted octanol–water partition coefficient (Wildman–Crippen LogP) is 2.11. The van der Waals surface area contributed by atoms with Gasteiger partial charge in [0.1, 0.15) is 6.29 Å². The Balaban J connectivity index is 2.35. The fraction of sp³-hybridized carbons (Fsp3) is 0.188. The van der Waals surface area contributed by atoms with Crippen molar-refractivity contribution in [3.05, 3.63) is 59.7 Å². The van der Waals surface area contributed by atoms with E-state index in [4.69, 9.17) is 0 Å². The van der Waals surface area contributed by atoms with E-state index in [-0.39, 0.29) is 0 Å². The van der Waals surface area contributed by atoms with E-state index in [1.165, 1.54) is 20.0 Å². The third-order valence-corrected chi connectivity index (χ3v) is 6.33. The quantitative estimate of drug-likeness (QED) is 0.601. The third kappa shape index (κ3) is 3.10. The van der Waals surface area contributed by atoms with Gasteiger partial charge in [0.05, 0.1) is 0 Å². The largest absolute Gasteiger partial charge is 0.352 e. The zero-order valence-corrected chi connectivity index (χ0v) is 12.0. The molecule has 0 bridgehead atoms. The smallest absolute Gasteiger partial charge is 0.305 e. The molecule has 18 heavy (non-hydrogen) atoms. The van der Waals surface area contributed by atoms with E-state index in [1.807, 2.05) is 0 Å². The van der Waals surface area contributed by atoms with E-state index in [9.17, 15) is 4.79 Å². The fourth-order valence-corrected chi connectivity index (χ4v) is 4.59. The molecule has 0 saturated heterocycles. The minimum Gasteiger partial charge on any atom is -0.305 e. The van der Waals surface area contributed by atoms with Crippen LogP contribution in [0.3, 0.4) is 0 Å². The van der Waals surface area contributed by atoms with Crippen molar-refractivity contribution in [2.45, 2.75) is 19.1 Å². The van der Waals surface area contributed by atoms with E-state index in [1.54, 1.807) is 0 Å². The Kier molecular flexibility index (Phi) is 4.36. The standard InChI is InChI=1S/2C7H7.C2H3O.Al/c2*1-7-5-3-2-4-6-7;1-2-3;/h2*3-6H,1H3;2H,1H2;. The van der Waals surface area contributed by atoms with Crippen LogP contribution in [0.2, 0.25) is 5.28 Å². The minimum absolute atomic E-state index is 0.673. The lowest BCUT2D eigenvalue weighted by Crippen LogP contribution is -2.42. The summed E-state index contributed by atoms with van der Waals surface area (Å²) >= 11 is -1.36. The summed E-state index contributed by atoms with van der Waals surface area (Å²) in [6, 6.07) is 17.2. The normalized spacial score (nSPS) is 10.1. The van der Waals surface area contributed by atoms with Crippen LogP contribution in [0.25, 0.3) is 0 Å². The van der Waals surface area contributed by atoms with Crippen molar-refractivity contribution in [3.63, 3.8) is 0 Å². The SMILES string of the molecule is Cc1cc[c]([Al]([CH2]C=O)[c]2ccc(C)cc2)cc1. The number of carbonyl (C=O) groups is 1. The Bertz CT molecular complexity index is 468. The molecule has 0 heterocycles. The van der Waals surface area contributed by atoms with Crippen molar-refractivity contribution >= 4 is 29.3 Å². The molecule has 0 unspecified atom stereocenters. The van der Waals surface area contributed by atoms with Gasteiger partial charge in [0.2, 0.25) is 0 Å². The lowest BCUT2D eigenvalue weighted by Gasteiger charge is -2.11. The summed E-state index contributed by atoms with van der Waals surface area (Å²) in [6.07, 6.45) is 1.07. The zero-order valence-electron chi connectivity index (χ0n) is 10.9. The maximum absolute atomic E-state index is 10.9. The fourth-order valence-electron chi connectivity index (χ4n) is 2.16. The molecule has 2 aromatic rings. The van der Waals surface area contributed by atoms with Gasteiger partial charge < -0.3 is 4.79 Å². The Hall–Kier alpha value is -1.36. The Morgan fingerprint density at radius 1 is 0.833 bits per heavy atom. The topological polar surface area (TPSA) is 17.1 Å². The summed E-state index contributed by atoms with van der Waals surface area (Å²) in [5.74, 6) is 0. The molecule has 0 aliphatic rings. The molecule has 2 rings (SSSR count). The van der Waals surface area contributed by atoms with E-state index >= 15 is 0 Å². The molecule has 0 aliphatic carbocycles. The molecule has 1 nitrogen and oxygen atoms in total. The maximum atomic E-state index is 10.9. The van der Waals surface area contributed by atoms with Crippen LogP contribution in [0.4, 0.5) is 0 Å². The van der Waals surface area contributed by atoms with E-state index in [0.717, 1.165) is 6.29 Å². The first-order chi connectivity index (χ1) is 8.70.